The average Bonchev–Trinajstić information content (AvgIpc) is 3.25. The van der Waals surface area contributed by atoms with E-state index in [1.165, 1.54) is 0 Å². The molecule has 0 saturated carbocycles. The largest absolute Gasteiger partial charge is 0.457 e. The van der Waals surface area contributed by atoms with Gasteiger partial charge in [0.2, 0.25) is 6.43 Å². The zero-order valence-electron chi connectivity index (χ0n) is 17.3. The number of carbonyl (C=O) groups excluding carboxylic acids is 1. The van der Waals surface area contributed by atoms with Crippen molar-refractivity contribution in [3.05, 3.63) is 78.1 Å². The minimum Gasteiger partial charge on any atom is -0.457 e. The summed E-state index contributed by atoms with van der Waals surface area (Å²) in [6.45, 7) is 0. The lowest BCUT2D eigenvalue weighted by atomic mass is 10.0. The van der Waals surface area contributed by atoms with Crippen LogP contribution in [-0.2, 0) is 12.6 Å². The minimum atomic E-state index is -4.84. The van der Waals surface area contributed by atoms with Gasteiger partial charge in [-0.05, 0) is 54.1 Å². The SMILES string of the molecule is O=C(Nc1ccc(Oc2ccnc3[nH]ccc23)cc1)Nc1ccc(CC(F)F)c(C(F)(F)F)c1. The van der Waals surface area contributed by atoms with E-state index in [2.05, 4.69) is 20.6 Å². The minimum absolute atomic E-state index is 0.184. The molecule has 0 radical (unpaired) electrons. The van der Waals surface area contributed by atoms with Gasteiger partial charge in [0.1, 0.15) is 17.1 Å². The van der Waals surface area contributed by atoms with Gasteiger partial charge in [0.05, 0.1) is 10.9 Å². The van der Waals surface area contributed by atoms with Crippen LogP contribution in [0.2, 0.25) is 0 Å². The number of amides is 2. The summed E-state index contributed by atoms with van der Waals surface area (Å²) in [5, 5.41) is 5.56. The Balaban J connectivity index is 1.42. The first-order chi connectivity index (χ1) is 16.2. The van der Waals surface area contributed by atoms with E-state index < -0.39 is 36.2 Å². The summed E-state index contributed by atoms with van der Waals surface area (Å²) in [7, 11) is 0. The van der Waals surface area contributed by atoms with Gasteiger partial charge in [0.25, 0.3) is 0 Å². The van der Waals surface area contributed by atoms with Crippen LogP contribution in [0.25, 0.3) is 11.0 Å². The molecule has 176 valence electrons. The Morgan fingerprint density at radius 1 is 1.00 bits per heavy atom. The Labute approximate surface area is 189 Å². The smallest absolute Gasteiger partial charge is 0.416 e. The monoisotopic (exact) mass is 476 g/mol. The van der Waals surface area contributed by atoms with Crippen molar-refractivity contribution < 1.29 is 31.5 Å². The van der Waals surface area contributed by atoms with Gasteiger partial charge in [-0.1, -0.05) is 6.07 Å². The molecule has 0 saturated heterocycles. The lowest BCUT2D eigenvalue weighted by Crippen LogP contribution is -2.20. The Morgan fingerprint density at radius 3 is 2.41 bits per heavy atom. The van der Waals surface area contributed by atoms with Crippen LogP contribution in [0.1, 0.15) is 11.1 Å². The summed E-state index contributed by atoms with van der Waals surface area (Å²) in [5.74, 6) is 1.07. The summed E-state index contributed by atoms with van der Waals surface area (Å²) in [5.41, 5.74) is -0.925. The number of hydrogen-bond donors (Lipinski definition) is 3. The number of nitrogens with zero attached hydrogens (tertiary/aromatic N) is 1. The van der Waals surface area contributed by atoms with Gasteiger partial charge >= 0.3 is 12.2 Å². The molecule has 0 atom stereocenters. The fraction of sp³-hybridized carbons (Fsp3) is 0.130. The van der Waals surface area contributed by atoms with E-state index in [9.17, 15) is 26.7 Å². The molecule has 3 N–H and O–H groups in total. The third-order valence-corrected chi connectivity index (χ3v) is 4.81. The van der Waals surface area contributed by atoms with Crippen molar-refractivity contribution in [3.63, 3.8) is 0 Å². The molecule has 2 amide bonds. The number of ether oxygens (including phenoxy) is 1. The number of benzene rings is 2. The van der Waals surface area contributed by atoms with Gasteiger partial charge in [0, 0.05) is 30.2 Å². The molecule has 0 aliphatic rings. The van der Waals surface area contributed by atoms with Crippen LogP contribution in [0, 0.1) is 0 Å². The van der Waals surface area contributed by atoms with E-state index in [-0.39, 0.29) is 5.69 Å². The first kappa shape index (κ1) is 23.0. The maximum absolute atomic E-state index is 13.2. The Morgan fingerprint density at radius 2 is 1.71 bits per heavy atom. The first-order valence-electron chi connectivity index (χ1n) is 9.95. The second kappa shape index (κ2) is 9.38. The number of rotatable bonds is 6. The molecule has 34 heavy (non-hydrogen) atoms. The molecule has 4 rings (SSSR count). The van der Waals surface area contributed by atoms with Crippen LogP contribution in [0.3, 0.4) is 0 Å². The third-order valence-electron chi connectivity index (χ3n) is 4.81. The number of aromatic nitrogens is 2. The number of carbonyl (C=O) groups is 1. The standard InChI is InChI=1S/C23H17F5N4O2/c24-20(25)11-13-1-2-15(12-18(13)23(26,27)28)32-22(33)31-14-3-5-16(6-4-14)34-19-8-10-30-21-17(19)7-9-29-21/h1-10,12,20H,11H2,(H,29,30)(H2,31,32,33). The molecule has 0 unspecified atom stereocenters. The molecule has 6 nitrogen and oxygen atoms in total. The maximum Gasteiger partial charge on any atom is 0.416 e. The molecule has 0 fully saturated rings. The van der Waals surface area contributed by atoms with Crippen LogP contribution in [0.4, 0.5) is 38.1 Å². The van der Waals surface area contributed by atoms with Crippen molar-refractivity contribution in [2.75, 3.05) is 10.6 Å². The molecule has 0 bridgehead atoms. The van der Waals surface area contributed by atoms with Crippen LogP contribution in [-0.4, -0.2) is 22.4 Å². The fourth-order valence-corrected chi connectivity index (χ4v) is 3.31. The molecule has 2 aromatic carbocycles. The van der Waals surface area contributed by atoms with E-state index in [1.807, 2.05) is 6.07 Å². The van der Waals surface area contributed by atoms with Gasteiger partial charge < -0.3 is 20.4 Å². The molecule has 2 heterocycles. The zero-order valence-corrected chi connectivity index (χ0v) is 17.3. The molecular weight excluding hydrogens is 459 g/mol. The Kier molecular flexibility index (Phi) is 6.35. The second-order valence-corrected chi connectivity index (χ2v) is 7.22. The van der Waals surface area contributed by atoms with Gasteiger partial charge in [-0.3, -0.25) is 0 Å². The molecule has 0 spiro atoms. The molecule has 0 aliphatic carbocycles. The van der Waals surface area contributed by atoms with E-state index in [1.54, 1.807) is 42.7 Å². The highest BCUT2D eigenvalue weighted by Gasteiger charge is 2.34. The molecule has 0 aliphatic heterocycles. The highest BCUT2D eigenvalue weighted by Crippen LogP contribution is 2.35. The van der Waals surface area contributed by atoms with E-state index in [0.29, 0.717) is 28.9 Å². The number of alkyl halides is 5. The van der Waals surface area contributed by atoms with Crippen molar-refractivity contribution in [1.29, 1.82) is 0 Å². The predicted octanol–water partition coefficient (Wildman–Crippen LogP) is 6.83. The van der Waals surface area contributed by atoms with Crippen LogP contribution < -0.4 is 15.4 Å². The highest BCUT2D eigenvalue weighted by atomic mass is 19.4. The predicted molar refractivity (Wildman–Crippen MR) is 116 cm³/mol. The summed E-state index contributed by atoms with van der Waals surface area (Å²) in [4.78, 5) is 19.4. The fourth-order valence-electron chi connectivity index (χ4n) is 3.31. The second-order valence-electron chi connectivity index (χ2n) is 7.22. The number of halogens is 5. The third kappa shape index (κ3) is 5.42. The Bertz CT molecular complexity index is 1300. The number of fused-ring (bicyclic) bond motifs is 1. The lowest BCUT2D eigenvalue weighted by molar-refractivity contribution is -0.138. The molecule has 11 heteroatoms. The van der Waals surface area contributed by atoms with Crippen LogP contribution >= 0.6 is 0 Å². The van der Waals surface area contributed by atoms with Crippen molar-refractivity contribution in [1.82, 2.24) is 9.97 Å². The van der Waals surface area contributed by atoms with Gasteiger partial charge in [0.15, 0.2) is 0 Å². The van der Waals surface area contributed by atoms with Crippen molar-refractivity contribution in [3.8, 4) is 11.5 Å². The maximum atomic E-state index is 13.2. The normalized spacial score (nSPS) is 11.6. The zero-order chi connectivity index (χ0) is 24.3. The van der Waals surface area contributed by atoms with Gasteiger partial charge in [-0.2, -0.15) is 13.2 Å². The lowest BCUT2D eigenvalue weighted by Gasteiger charge is -2.15. The molecule has 2 aromatic heterocycles. The summed E-state index contributed by atoms with van der Waals surface area (Å²) in [6.07, 6.45) is -5.47. The van der Waals surface area contributed by atoms with Crippen molar-refractivity contribution in [2.24, 2.45) is 0 Å². The number of hydrogen-bond acceptors (Lipinski definition) is 3. The number of aromatic amines is 1. The number of pyridine rings is 1. The van der Waals surface area contributed by atoms with Gasteiger partial charge in [-0.25, -0.2) is 18.6 Å². The number of urea groups is 1. The van der Waals surface area contributed by atoms with E-state index in [0.717, 1.165) is 17.5 Å². The number of nitrogens with one attached hydrogen (secondary N) is 3. The van der Waals surface area contributed by atoms with Crippen LogP contribution in [0.5, 0.6) is 11.5 Å². The quantitative estimate of drug-likeness (QED) is 0.267. The summed E-state index contributed by atoms with van der Waals surface area (Å²) in [6, 6.07) is 11.7. The Hall–Kier alpha value is -4.15. The average molecular weight is 476 g/mol. The number of anilines is 2. The highest BCUT2D eigenvalue weighted by molar-refractivity contribution is 5.99. The van der Waals surface area contributed by atoms with Crippen LogP contribution in [0.15, 0.2) is 67.0 Å². The molecular formula is C23H17F5N4O2. The molecule has 4 aromatic rings. The van der Waals surface area contributed by atoms with Gasteiger partial charge in [-0.15, -0.1) is 0 Å². The number of H-pyrrole nitrogens is 1. The van der Waals surface area contributed by atoms with E-state index >= 15 is 0 Å². The topological polar surface area (TPSA) is 79.0 Å². The van der Waals surface area contributed by atoms with E-state index in [4.69, 9.17) is 4.74 Å². The van der Waals surface area contributed by atoms with Crippen molar-refractivity contribution >= 4 is 28.4 Å². The van der Waals surface area contributed by atoms with Crippen molar-refractivity contribution in [2.45, 2.75) is 19.0 Å². The summed E-state index contributed by atoms with van der Waals surface area (Å²) < 4.78 is 70.7. The summed E-state index contributed by atoms with van der Waals surface area (Å²) >= 11 is 0. The first-order valence-corrected chi connectivity index (χ1v) is 9.95.